The maximum absolute atomic E-state index is 13.9. The van der Waals surface area contributed by atoms with Crippen LogP contribution in [0.3, 0.4) is 0 Å². The van der Waals surface area contributed by atoms with Gasteiger partial charge >= 0.3 is 0 Å². The molecule has 1 N–H and O–H groups in total. The summed E-state index contributed by atoms with van der Waals surface area (Å²) in [4.78, 5) is 28.8. The summed E-state index contributed by atoms with van der Waals surface area (Å²) in [6.07, 6.45) is 5.13. The number of halogens is 2. The van der Waals surface area contributed by atoms with E-state index in [0.29, 0.717) is 37.1 Å². The van der Waals surface area contributed by atoms with Crippen molar-refractivity contribution < 1.29 is 13.9 Å². The summed E-state index contributed by atoms with van der Waals surface area (Å²) in [7, 11) is 0. The van der Waals surface area contributed by atoms with Crippen LogP contribution in [-0.2, 0) is 22.6 Å². The highest BCUT2D eigenvalue weighted by Crippen LogP contribution is 2.41. The molecule has 4 aliphatic rings. The number of anilines is 2. The van der Waals surface area contributed by atoms with E-state index in [9.17, 15) is 14.4 Å². The van der Waals surface area contributed by atoms with Crippen LogP contribution < -0.4 is 10.2 Å². The Bertz CT molecular complexity index is 1680. The highest BCUT2D eigenvalue weighted by molar-refractivity contribution is 6.35. The van der Waals surface area contributed by atoms with Gasteiger partial charge in [-0.25, -0.2) is 9.37 Å². The zero-order chi connectivity index (χ0) is 31.1. The van der Waals surface area contributed by atoms with Crippen molar-refractivity contribution >= 4 is 40.0 Å². The molecule has 0 spiro atoms. The van der Waals surface area contributed by atoms with Crippen molar-refractivity contribution in [1.29, 1.82) is 5.26 Å². The lowest BCUT2D eigenvalue weighted by Crippen LogP contribution is -2.55. The van der Waals surface area contributed by atoms with Crippen molar-refractivity contribution in [2.24, 2.45) is 0 Å². The van der Waals surface area contributed by atoms with E-state index in [4.69, 9.17) is 26.3 Å². The van der Waals surface area contributed by atoms with Crippen molar-refractivity contribution in [3.05, 3.63) is 70.6 Å². The lowest BCUT2D eigenvalue weighted by atomic mass is 9.94. The molecule has 234 valence electrons. The Morgan fingerprint density at radius 3 is 2.69 bits per heavy atom. The third-order valence-corrected chi connectivity index (χ3v) is 10.4. The van der Waals surface area contributed by atoms with E-state index in [0.717, 1.165) is 53.0 Å². The Morgan fingerprint density at radius 1 is 1.16 bits per heavy atom. The molecular formula is C34H37ClFN7O2. The summed E-state index contributed by atoms with van der Waals surface area (Å²) in [6.45, 7) is 7.58. The van der Waals surface area contributed by atoms with Crippen molar-refractivity contribution in [1.82, 2.24) is 19.8 Å². The summed E-state index contributed by atoms with van der Waals surface area (Å²) < 4.78 is 20.4. The maximum atomic E-state index is 13.9. The number of nitriles is 1. The normalized spacial score (nSPS) is 22.6. The van der Waals surface area contributed by atoms with Crippen LogP contribution in [0, 0.1) is 11.3 Å². The highest BCUT2D eigenvalue weighted by Gasteiger charge is 2.44. The largest absolute Gasteiger partial charge is 0.368 e. The Balaban J connectivity index is 1.23. The average molecular weight is 630 g/mol. The standard InChI is InChI=1S/C34H37ClFN7O2/c1-22(36)32(44)43-17-16-41(19-24(43)10-13-37)31-26-20-45-29(25-8-2-6-23-7-3-9-27(35)30(23)25)18-28(26)39-33(40-31)38-21-34-11-4-14-42(34)15-5-12-34/h2-3,6-9,24,29H,1,4-5,10-12,14-21H2,(H,38,39,40)/t24-,29?/m0/s1. The van der Waals surface area contributed by atoms with Gasteiger partial charge in [-0.1, -0.05) is 48.5 Å². The average Bonchev–Trinajstić information content (AvgIpc) is 3.63. The summed E-state index contributed by atoms with van der Waals surface area (Å²) in [5, 5.41) is 15.9. The number of hydrogen-bond acceptors (Lipinski definition) is 8. The maximum Gasteiger partial charge on any atom is 0.282 e. The van der Waals surface area contributed by atoms with E-state index in [-0.39, 0.29) is 24.6 Å². The molecule has 1 unspecified atom stereocenters. The molecule has 2 aromatic carbocycles. The van der Waals surface area contributed by atoms with E-state index in [1.165, 1.54) is 30.6 Å². The summed E-state index contributed by atoms with van der Waals surface area (Å²) in [5.74, 6) is -0.476. The number of benzene rings is 2. The van der Waals surface area contributed by atoms with Gasteiger partial charge in [-0.2, -0.15) is 10.2 Å². The smallest absolute Gasteiger partial charge is 0.282 e. The van der Waals surface area contributed by atoms with E-state index < -0.39 is 17.8 Å². The molecule has 0 aliphatic carbocycles. The second-order valence-corrected chi connectivity index (χ2v) is 13.0. The molecule has 0 radical (unpaired) electrons. The first-order chi connectivity index (χ1) is 21.9. The number of piperazine rings is 1. The predicted octanol–water partition coefficient (Wildman–Crippen LogP) is 5.55. The van der Waals surface area contributed by atoms with Gasteiger partial charge in [0.2, 0.25) is 5.95 Å². The number of nitrogens with zero attached hydrogens (tertiary/aromatic N) is 6. The first-order valence-electron chi connectivity index (χ1n) is 15.8. The molecule has 1 aromatic heterocycles. The number of fused-ring (bicyclic) bond motifs is 3. The molecule has 4 aliphatic heterocycles. The lowest BCUT2D eigenvalue weighted by Gasteiger charge is -2.42. The van der Waals surface area contributed by atoms with Crippen LogP contribution in [0.5, 0.6) is 0 Å². The molecule has 3 saturated heterocycles. The van der Waals surface area contributed by atoms with Gasteiger partial charge in [0.1, 0.15) is 5.82 Å². The molecule has 0 saturated carbocycles. The van der Waals surface area contributed by atoms with Gasteiger partial charge in [-0.05, 0) is 55.8 Å². The van der Waals surface area contributed by atoms with Crippen LogP contribution >= 0.6 is 11.6 Å². The molecule has 2 atom stereocenters. The molecule has 7 rings (SSSR count). The molecule has 3 aromatic rings. The Morgan fingerprint density at radius 2 is 1.93 bits per heavy atom. The van der Waals surface area contributed by atoms with Gasteiger partial charge < -0.3 is 19.9 Å². The number of amides is 1. The SMILES string of the molecule is C=C(F)C(=O)N1CCN(c2nc(NCC34CCCN3CCC4)nc3c2COC(c2cccc4cccc(Cl)c24)C3)C[C@@H]1CC#N. The summed E-state index contributed by atoms with van der Waals surface area (Å²) in [5.41, 5.74) is 2.97. The fourth-order valence-corrected chi connectivity index (χ4v) is 8.18. The monoisotopic (exact) mass is 629 g/mol. The fraction of sp³-hybridized carbons (Fsp3) is 0.471. The van der Waals surface area contributed by atoms with Gasteiger partial charge in [-0.15, -0.1) is 0 Å². The molecule has 11 heteroatoms. The molecule has 0 bridgehead atoms. The minimum Gasteiger partial charge on any atom is -0.368 e. The summed E-state index contributed by atoms with van der Waals surface area (Å²) >= 11 is 6.69. The number of nitrogens with one attached hydrogen (secondary N) is 1. The van der Waals surface area contributed by atoms with Crippen LogP contribution in [0.25, 0.3) is 10.8 Å². The van der Waals surface area contributed by atoms with Crippen LogP contribution in [0.2, 0.25) is 5.02 Å². The number of carbonyl (C=O) groups excluding carboxylic acids is 1. The molecular weight excluding hydrogens is 593 g/mol. The Labute approximate surface area is 267 Å². The van der Waals surface area contributed by atoms with E-state index >= 15 is 0 Å². The van der Waals surface area contributed by atoms with Crippen LogP contribution in [0.4, 0.5) is 16.2 Å². The minimum absolute atomic E-state index is 0.0761. The van der Waals surface area contributed by atoms with Crippen LogP contribution in [0.15, 0.2) is 48.8 Å². The number of aromatic nitrogens is 2. The van der Waals surface area contributed by atoms with Crippen LogP contribution in [0.1, 0.15) is 55.0 Å². The second kappa shape index (κ2) is 12.2. The van der Waals surface area contributed by atoms with Gasteiger partial charge in [-0.3, -0.25) is 9.69 Å². The Hall–Kier alpha value is -3.78. The van der Waals surface area contributed by atoms with E-state index in [1.807, 2.05) is 18.2 Å². The van der Waals surface area contributed by atoms with E-state index in [1.54, 1.807) is 0 Å². The first kappa shape index (κ1) is 29.9. The number of ether oxygens (including phenoxy) is 1. The molecule has 3 fully saturated rings. The molecule has 9 nitrogen and oxygen atoms in total. The fourth-order valence-electron chi connectivity index (χ4n) is 7.89. The Kier molecular flexibility index (Phi) is 8.11. The second-order valence-electron chi connectivity index (χ2n) is 12.6. The molecule has 1 amide bonds. The van der Waals surface area contributed by atoms with Gasteiger partial charge in [0.25, 0.3) is 5.91 Å². The van der Waals surface area contributed by atoms with E-state index in [2.05, 4.69) is 46.0 Å². The zero-order valence-electron chi connectivity index (χ0n) is 25.3. The van der Waals surface area contributed by atoms with Gasteiger partial charge in [0.15, 0.2) is 5.83 Å². The number of hydrogen-bond donors (Lipinski definition) is 1. The molecule has 5 heterocycles. The highest BCUT2D eigenvalue weighted by atomic mass is 35.5. The van der Waals surface area contributed by atoms with Crippen molar-refractivity contribution in [2.45, 2.75) is 62.8 Å². The minimum atomic E-state index is -1.02. The third-order valence-electron chi connectivity index (χ3n) is 10.1. The quantitative estimate of drug-likeness (QED) is 0.340. The van der Waals surface area contributed by atoms with Crippen molar-refractivity contribution in [2.75, 3.05) is 49.5 Å². The summed E-state index contributed by atoms with van der Waals surface area (Å²) in [6, 6.07) is 13.7. The van der Waals surface area contributed by atoms with Crippen LogP contribution in [-0.4, -0.2) is 76.5 Å². The van der Waals surface area contributed by atoms with Gasteiger partial charge in [0.05, 0.1) is 36.9 Å². The topological polar surface area (TPSA) is 97.6 Å². The first-order valence-corrected chi connectivity index (χ1v) is 16.2. The third kappa shape index (κ3) is 5.51. The zero-order valence-corrected chi connectivity index (χ0v) is 26.0. The number of rotatable bonds is 7. The van der Waals surface area contributed by atoms with Crippen molar-refractivity contribution in [3.63, 3.8) is 0 Å². The predicted molar refractivity (Wildman–Crippen MR) is 172 cm³/mol. The van der Waals surface area contributed by atoms with Crippen molar-refractivity contribution in [3.8, 4) is 6.07 Å². The lowest BCUT2D eigenvalue weighted by molar-refractivity contribution is -0.131. The van der Waals surface area contributed by atoms with Gasteiger partial charge in [0, 0.05) is 54.1 Å². The molecule has 45 heavy (non-hydrogen) atoms. The number of carbonyl (C=O) groups is 1.